The Kier molecular flexibility index (Phi) is 5.39. The zero-order chi connectivity index (χ0) is 21.8. The van der Waals surface area contributed by atoms with Gasteiger partial charge in [0.2, 0.25) is 5.91 Å². The minimum atomic E-state index is -0.585. The molecule has 154 valence electrons. The summed E-state index contributed by atoms with van der Waals surface area (Å²) in [5.41, 5.74) is 3.02. The van der Waals surface area contributed by atoms with E-state index in [1.807, 2.05) is 30.3 Å². The minimum absolute atomic E-state index is 0.105. The van der Waals surface area contributed by atoms with Crippen LogP contribution in [0.25, 0.3) is 22.4 Å². The van der Waals surface area contributed by atoms with Crippen LogP contribution in [0, 0.1) is 10.1 Å². The van der Waals surface area contributed by atoms with E-state index in [1.54, 1.807) is 18.2 Å². The molecular weight excluding hydrogens is 398 g/mol. The molecule has 0 spiro atoms. The van der Waals surface area contributed by atoms with Crippen LogP contribution in [0.4, 0.5) is 11.4 Å². The fraction of sp³-hybridized carbons (Fsp3) is 0.0455. The molecule has 3 aromatic carbocycles. The van der Waals surface area contributed by atoms with Crippen LogP contribution in [0.15, 0.2) is 72.8 Å². The van der Waals surface area contributed by atoms with Crippen molar-refractivity contribution >= 4 is 34.2 Å². The Morgan fingerprint density at radius 3 is 2.61 bits per heavy atom. The molecular formula is C22H17N5O4. The number of nitro groups is 1. The third-order valence-electron chi connectivity index (χ3n) is 4.54. The normalized spacial score (nSPS) is 10.6. The topological polar surface area (TPSA) is 130 Å². The van der Waals surface area contributed by atoms with Crippen molar-refractivity contribution in [2.24, 2.45) is 0 Å². The quantitative estimate of drug-likeness (QED) is 0.328. The second-order valence-electron chi connectivity index (χ2n) is 6.72. The van der Waals surface area contributed by atoms with Crippen molar-refractivity contribution in [3.8, 4) is 11.4 Å². The van der Waals surface area contributed by atoms with Gasteiger partial charge >= 0.3 is 0 Å². The van der Waals surface area contributed by atoms with Crippen LogP contribution < -0.4 is 10.6 Å². The number of fused-ring (bicyclic) bond motifs is 1. The van der Waals surface area contributed by atoms with Gasteiger partial charge in [-0.1, -0.05) is 30.3 Å². The maximum absolute atomic E-state index is 12.3. The highest BCUT2D eigenvalue weighted by molar-refractivity contribution is 5.99. The number of non-ortho nitro benzene ring substituents is 1. The molecule has 2 amide bonds. The summed E-state index contributed by atoms with van der Waals surface area (Å²) >= 11 is 0. The van der Waals surface area contributed by atoms with Crippen LogP contribution >= 0.6 is 0 Å². The maximum atomic E-state index is 12.3. The Bertz CT molecular complexity index is 1260. The van der Waals surface area contributed by atoms with Crippen LogP contribution in [0.1, 0.15) is 10.4 Å². The van der Waals surface area contributed by atoms with Gasteiger partial charge in [0.05, 0.1) is 22.5 Å². The highest BCUT2D eigenvalue weighted by Gasteiger charge is 2.13. The number of imidazole rings is 1. The van der Waals surface area contributed by atoms with Crippen LogP contribution in [-0.2, 0) is 4.79 Å². The van der Waals surface area contributed by atoms with E-state index in [0.29, 0.717) is 11.5 Å². The number of hydrogen-bond donors (Lipinski definition) is 3. The molecule has 0 aliphatic carbocycles. The molecule has 0 aliphatic rings. The summed E-state index contributed by atoms with van der Waals surface area (Å²) in [5.74, 6) is -0.327. The Morgan fingerprint density at radius 1 is 1.00 bits per heavy atom. The van der Waals surface area contributed by atoms with Crippen LogP contribution in [0.3, 0.4) is 0 Å². The summed E-state index contributed by atoms with van der Waals surface area (Å²) < 4.78 is 0. The summed E-state index contributed by atoms with van der Waals surface area (Å²) in [6.45, 7) is -0.281. The van der Waals surface area contributed by atoms with Gasteiger partial charge in [-0.2, -0.15) is 0 Å². The molecule has 0 radical (unpaired) electrons. The van der Waals surface area contributed by atoms with Crippen LogP contribution in [0.2, 0.25) is 0 Å². The molecule has 4 aromatic rings. The number of benzene rings is 3. The Morgan fingerprint density at radius 2 is 1.81 bits per heavy atom. The number of anilines is 1. The Labute approximate surface area is 176 Å². The summed E-state index contributed by atoms with van der Waals surface area (Å²) in [5, 5.41) is 16.0. The van der Waals surface area contributed by atoms with Crippen molar-refractivity contribution in [2.75, 3.05) is 11.9 Å². The van der Waals surface area contributed by atoms with E-state index >= 15 is 0 Å². The number of nitro benzene ring substituents is 1. The van der Waals surface area contributed by atoms with Gasteiger partial charge in [-0.15, -0.1) is 0 Å². The van der Waals surface area contributed by atoms with E-state index in [2.05, 4.69) is 20.6 Å². The number of H-pyrrole nitrogens is 1. The standard InChI is InChI=1S/C22H17N5O4/c28-20(13-23-22(29)15-6-4-8-17(12-15)27(30)31)24-16-7-3-5-14(11-16)21-25-18-9-1-2-10-19(18)26-21/h1-12H,13H2,(H,23,29)(H,24,28)(H,25,26). The van der Waals surface area contributed by atoms with Crippen molar-refractivity contribution < 1.29 is 14.5 Å². The number of amides is 2. The van der Waals surface area contributed by atoms with Crippen molar-refractivity contribution in [3.63, 3.8) is 0 Å². The highest BCUT2D eigenvalue weighted by atomic mass is 16.6. The summed E-state index contributed by atoms with van der Waals surface area (Å²) in [4.78, 5) is 42.5. The first kappa shape index (κ1) is 19.8. The molecule has 1 heterocycles. The number of nitrogens with one attached hydrogen (secondary N) is 3. The third kappa shape index (κ3) is 4.56. The number of hydrogen-bond acceptors (Lipinski definition) is 5. The first-order chi connectivity index (χ1) is 15.0. The van der Waals surface area contributed by atoms with Crippen LogP contribution in [-0.4, -0.2) is 33.3 Å². The average Bonchev–Trinajstić information content (AvgIpc) is 3.22. The number of carbonyl (C=O) groups is 2. The van der Waals surface area contributed by atoms with E-state index in [0.717, 1.165) is 22.7 Å². The van der Waals surface area contributed by atoms with Gasteiger partial charge in [0.15, 0.2) is 0 Å². The molecule has 0 unspecified atom stereocenters. The smallest absolute Gasteiger partial charge is 0.270 e. The number of para-hydroxylation sites is 2. The molecule has 0 saturated heterocycles. The van der Waals surface area contributed by atoms with Gasteiger partial charge in [-0.25, -0.2) is 4.98 Å². The van der Waals surface area contributed by atoms with Gasteiger partial charge < -0.3 is 15.6 Å². The first-order valence-electron chi connectivity index (χ1n) is 9.37. The van der Waals surface area contributed by atoms with Crippen LogP contribution in [0.5, 0.6) is 0 Å². The van der Waals surface area contributed by atoms with E-state index < -0.39 is 16.7 Å². The van der Waals surface area contributed by atoms with Crippen molar-refractivity contribution in [1.29, 1.82) is 0 Å². The second kappa shape index (κ2) is 8.46. The van der Waals surface area contributed by atoms with Gasteiger partial charge in [-0.05, 0) is 30.3 Å². The molecule has 9 nitrogen and oxygen atoms in total. The fourth-order valence-electron chi connectivity index (χ4n) is 3.06. The van der Waals surface area contributed by atoms with Gasteiger partial charge in [0, 0.05) is 28.9 Å². The molecule has 0 fully saturated rings. The summed E-state index contributed by atoms with van der Waals surface area (Å²) in [6.07, 6.45) is 0. The maximum Gasteiger partial charge on any atom is 0.270 e. The lowest BCUT2D eigenvalue weighted by molar-refractivity contribution is -0.384. The fourth-order valence-corrected chi connectivity index (χ4v) is 3.06. The van der Waals surface area contributed by atoms with E-state index in [9.17, 15) is 19.7 Å². The lowest BCUT2D eigenvalue weighted by Crippen LogP contribution is -2.32. The first-order valence-corrected chi connectivity index (χ1v) is 9.37. The second-order valence-corrected chi connectivity index (χ2v) is 6.72. The molecule has 1 aromatic heterocycles. The highest BCUT2D eigenvalue weighted by Crippen LogP contribution is 2.23. The van der Waals surface area contributed by atoms with Gasteiger partial charge in [-0.3, -0.25) is 19.7 Å². The lowest BCUT2D eigenvalue weighted by atomic mass is 10.2. The molecule has 0 saturated carbocycles. The molecule has 0 aliphatic heterocycles. The monoisotopic (exact) mass is 415 g/mol. The Hall–Kier alpha value is -4.53. The Balaban J connectivity index is 1.40. The zero-order valence-corrected chi connectivity index (χ0v) is 16.2. The number of nitrogens with zero attached hydrogens (tertiary/aromatic N) is 2. The van der Waals surface area contributed by atoms with Crippen molar-refractivity contribution in [3.05, 3.63) is 88.5 Å². The van der Waals surface area contributed by atoms with Gasteiger partial charge in [0.1, 0.15) is 5.82 Å². The predicted molar refractivity (Wildman–Crippen MR) is 116 cm³/mol. The van der Waals surface area contributed by atoms with E-state index in [-0.39, 0.29) is 17.8 Å². The number of aromatic nitrogens is 2. The largest absolute Gasteiger partial charge is 0.343 e. The van der Waals surface area contributed by atoms with Gasteiger partial charge in [0.25, 0.3) is 11.6 Å². The minimum Gasteiger partial charge on any atom is -0.343 e. The van der Waals surface area contributed by atoms with E-state index in [1.165, 1.54) is 18.2 Å². The molecule has 0 atom stereocenters. The number of rotatable bonds is 6. The molecule has 0 bridgehead atoms. The molecule has 9 heteroatoms. The zero-order valence-electron chi connectivity index (χ0n) is 16.2. The molecule has 3 N–H and O–H groups in total. The molecule has 4 rings (SSSR count). The number of carbonyl (C=O) groups excluding carboxylic acids is 2. The SMILES string of the molecule is O=C(CNC(=O)c1cccc([N+](=O)[O-])c1)Nc1cccc(-c2nc3ccccc3[nH]2)c1. The number of aromatic amines is 1. The predicted octanol–water partition coefficient (Wildman–Crippen LogP) is 3.51. The lowest BCUT2D eigenvalue weighted by Gasteiger charge is -2.08. The van der Waals surface area contributed by atoms with E-state index in [4.69, 9.17) is 0 Å². The van der Waals surface area contributed by atoms with Crippen molar-refractivity contribution in [1.82, 2.24) is 15.3 Å². The summed E-state index contributed by atoms with van der Waals surface area (Å²) in [6, 6.07) is 20.1. The third-order valence-corrected chi connectivity index (χ3v) is 4.54. The summed E-state index contributed by atoms with van der Waals surface area (Å²) in [7, 11) is 0. The van der Waals surface area contributed by atoms with Crippen molar-refractivity contribution in [2.45, 2.75) is 0 Å². The molecule has 31 heavy (non-hydrogen) atoms. The average molecular weight is 415 g/mol.